The smallest absolute Gasteiger partial charge is 0.279 e. The summed E-state index contributed by atoms with van der Waals surface area (Å²) >= 11 is 7.33. The molecule has 0 aliphatic rings. The molecule has 5 heteroatoms. The number of benzene rings is 2. The van der Waals surface area contributed by atoms with Crippen LogP contribution in [-0.4, -0.2) is 10.5 Å². The summed E-state index contributed by atoms with van der Waals surface area (Å²) in [5.74, 6) is 2.33. The van der Waals surface area contributed by atoms with E-state index in [0.29, 0.717) is 21.9 Å². The van der Waals surface area contributed by atoms with Gasteiger partial charge in [0.25, 0.3) is 5.91 Å². The molecule has 24 heavy (non-hydrogen) atoms. The number of thiazole rings is 1. The molecule has 3 aromatic rings. The number of aromatic nitrogens is 1. The summed E-state index contributed by atoms with van der Waals surface area (Å²) < 4.78 is 2.97. The first-order valence-electron chi connectivity index (χ1n) is 7.38. The maximum atomic E-state index is 12.4. The van der Waals surface area contributed by atoms with Crippen molar-refractivity contribution in [2.75, 3.05) is 0 Å². The maximum absolute atomic E-state index is 12.4. The number of hydrogen-bond acceptors (Lipinski definition) is 2. The lowest BCUT2D eigenvalue weighted by molar-refractivity contribution is 0.0998. The summed E-state index contributed by atoms with van der Waals surface area (Å²) in [5.41, 5.74) is 3.88. The molecular weight excluding hydrogens is 340 g/mol. The Labute approximate surface area is 149 Å². The number of rotatable bonds is 2. The molecule has 120 valence electrons. The van der Waals surface area contributed by atoms with Crippen LogP contribution in [0.25, 0.3) is 10.2 Å². The third-order valence-electron chi connectivity index (χ3n) is 3.84. The zero-order valence-corrected chi connectivity index (χ0v) is 14.9. The lowest BCUT2D eigenvalue weighted by Gasteiger charge is -2.03. The van der Waals surface area contributed by atoms with E-state index in [1.165, 1.54) is 22.5 Å². The minimum Gasteiger partial charge on any atom is -0.305 e. The minimum atomic E-state index is -0.308. The number of halogens is 1. The fourth-order valence-electron chi connectivity index (χ4n) is 2.39. The van der Waals surface area contributed by atoms with E-state index in [1.807, 2.05) is 4.57 Å². The first-order chi connectivity index (χ1) is 11.5. The standard InChI is InChI=1S/C19H15ClN2OS/c1-4-9-22-16-10-12(2)13(3)11-17(16)24-19(22)21-18(23)14-5-7-15(20)8-6-14/h1,5-8,10-11H,9H2,2-3H3. The van der Waals surface area contributed by atoms with Gasteiger partial charge in [-0.2, -0.15) is 4.99 Å². The second-order valence-electron chi connectivity index (χ2n) is 5.50. The summed E-state index contributed by atoms with van der Waals surface area (Å²) in [7, 11) is 0. The number of carbonyl (C=O) groups excluding carboxylic acids is 1. The normalized spacial score (nSPS) is 11.7. The first-order valence-corrected chi connectivity index (χ1v) is 8.57. The van der Waals surface area contributed by atoms with Crippen molar-refractivity contribution >= 4 is 39.1 Å². The summed E-state index contributed by atoms with van der Waals surface area (Å²) in [6.07, 6.45) is 5.50. The molecule has 0 aliphatic heterocycles. The summed E-state index contributed by atoms with van der Waals surface area (Å²) in [5, 5.41) is 0.585. The molecule has 0 saturated heterocycles. The van der Waals surface area contributed by atoms with Crippen LogP contribution in [0.15, 0.2) is 41.4 Å². The largest absolute Gasteiger partial charge is 0.305 e. The van der Waals surface area contributed by atoms with Gasteiger partial charge in [-0.3, -0.25) is 4.79 Å². The molecule has 0 radical (unpaired) electrons. The molecule has 0 unspecified atom stereocenters. The Hall–Kier alpha value is -2.35. The number of hydrogen-bond donors (Lipinski definition) is 0. The van der Waals surface area contributed by atoms with Crippen molar-refractivity contribution in [1.29, 1.82) is 0 Å². The molecule has 0 bridgehead atoms. The minimum absolute atomic E-state index is 0.308. The van der Waals surface area contributed by atoms with Crippen molar-refractivity contribution in [3.63, 3.8) is 0 Å². The molecule has 1 amide bonds. The van der Waals surface area contributed by atoms with Crippen LogP contribution in [0, 0.1) is 26.2 Å². The molecule has 1 aromatic heterocycles. The van der Waals surface area contributed by atoms with Gasteiger partial charge >= 0.3 is 0 Å². The number of carbonyl (C=O) groups is 1. The molecule has 0 spiro atoms. The Morgan fingerprint density at radius 3 is 2.58 bits per heavy atom. The Kier molecular flexibility index (Phi) is 4.57. The Bertz CT molecular complexity index is 1040. The monoisotopic (exact) mass is 354 g/mol. The zero-order chi connectivity index (χ0) is 17.3. The van der Waals surface area contributed by atoms with Crippen molar-refractivity contribution in [2.24, 2.45) is 4.99 Å². The number of terminal acetylenes is 1. The lowest BCUT2D eigenvalue weighted by Crippen LogP contribution is -2.16. The second kappa shape index (κ2) is 6.64. The van der Waals surface area contributed by atoms with Crippen molar-refractivity contribution in [3.05, 3.63) is 62.9 Å². The van der Waals surface area contributed by atoms with Crippen molar-refractivity contribution in [1.82, 2.24) is 4.57 Å². The van der Waals surface area contributed by atoms with Crippen LogP contribution in [-0.2, 0) is 6.54 Å². The number of nitrogens with zero attached hydrogens (tertiary/aromatic N) is 2. The predicted octanol–water partition coefficient (Wildman–Crippen LogP) is 4.35. The van der Waals surface area contributed by atoms with Crippen LogP contribution in [0.2, 0.25) is 5.02 Å². The third-order valence-corrected chi connectivity index (χ3v) is 5.13. The molecule has 0 N–H and O–H groups in total. The van der Waals surface area contributed by atoms with Gasteiger partial charge in [0, 0.05) is 10.6 Å². The third kappa shape index (κ3) is 3.14. The van der Waals surface area contributed by atoms with E-state index in [2.05, 4.69) is 36.9 Å². The van der Waals surface area contributed by atoms with Crippen LogP contribution >= 0.6 is 22.9 Å². The molecule has 3 rings (SSSR count). The fraction of sp³-hybridized carbons (Fsp3) is 0.158. The van der Waals surface area contributed by atoms with Gasteiger partial charge < -0.3 is 4.57 Å². The summed E-state index contributed by atoms with van der Waals surface area (Å²) in [4.78, 5) is 17.3. The molecule has 3 nitrogen and oxygen atoms in total. The van der Waals surface area contributed by atoms with E-state index < -0.39 is 0 Å². The fourth-order valence-corrected chi connectivity index (χ4v) is 3.63. The van der Waals surface area contributed by atoms with Crippen molar-refractivity contribution in [2.45, 2.75) is 20.4 Å². The predicted molar refractivity (Wildman–Crippen MR) is 99.5 cm³/mol. The highest BCUT2D eigenvalue weighted by Gasteiger charge is 2.10. The molecule has 0 fully saturated rings. The molecule has 1 heterocycles. The maximum Gasteiger partial charge on any atom is 0.279 e. The molecular formula is C19H15ClN2OS. The van der Waals surface area contributed by atoms with Gasteiger partial charge in [-0.15, -0.1) is 6.42 Å². The highest BCUT2D eigenvalue weighted by molar-refractivity contribution is 7.16. The Balaban J connectivity index is 2.17. The van der Waals surface area contributed by atoms with Crippen LogP contribution in [0.4, 0.5) is 0 Å². The van der Waals surface area contributed by atoms with Gasteiger partial charge in [0.2, 0.25) is 0 Å². The van der Waals surface area contributed by atoms with E-state index in [1.54, 1.807) is 24.3 Å². The second-order valence-corrected chi connectivity index (χ2v) is 6.95. The summed E-state index contributed by atoms with van der Waals surface area (Å²) in [6.45, 7) is 4.49. The number of aryl methyl sites for hydroxylation is 2. The van der Waals surface area contributed by atoms with E-state index in [-0.39, 0.29) is 5.91 Å². The number of fused-ring (bicyclic) bond motifs is 1. The van der Waals surface area contributed by atoms with Crippen molar-refractivity contribution < 1.29 is 4.79 Å². The van der Waals surface area contributed by atoms with Gasteiger partial charge in [-0.05, 0) is 61.4 Å². The quantitative estimate of drug-likeness (QED) is 0.630. The van der Waals surface area contributed by atoms with Gasteiger partial charge in [0.05, 0.1) is 16.8 Å². The Morgan fingerprint density at radius 2 is 1.92 bits per heavy atom. The van der Waals surface area contributed by atoms with E-state index in [9.17, 15) is 4.79 Å². The molecule has 2 aromatic carbocycles. The zero-order valence-electron chi connectivity index (χ0n) is 13.3. The number of amides is 1. The SMILES string of the molecule is C#CCn1c(=NC(=O)c2ccc(Cl)cc2)sc2cc(C)c(C)cc21. The van der Waals surface area contributed by atoms with Gasteiger partial charge in [-0.25, -0.2) is 0 Å². The van der Waals surface area contributed by atoms with Crippen LogP contribution in [0.3, 0.4) is 0 Å². The van der Waals surface area contributed by atoms with E-state index in [4.69, 9.17) is 18.0 Å². The average molecular weight is 355 g/mol. The van der Waals surface area contributed by atoms with Gasteiger partial charge in [-0.1, -0.05) is 28.9 Å². The highest BCUT2D eigenvalue weighted by Crippen LogP contribution is 2.22. The average Bonchev–Trinajstić information content (AvgIpc) is 2.86. The Morgan fingerprint density at radius 1 is 1.25 bits per heavy atom. The molecule has 0 atom stereocenters. The lowest BCUT2D eigenvalue weighted by atomic mass is 10.1. The molecule has 0 aliphatic carbocycles. The van der Waals surface area contributed by atoms with Crippen LogP contribution < -0.4 is 4.80 Å². The topological polar surface area (TPSA) is 34.4 Å². The van der Waals surface area contributed by atoms with Crippen LogP contribution in [0.1, 0.15) is 21.5 Å². The van der Waals surface area contributed by atoms with Crippen molar-refractivity contribution in [3.8, 4) is 12.3 Å². The molecule has 0 saturated carbocycles. The van der Waals surface area contributed by atoms with Crippen LogP contribution in [0.5, 0.6) is 0 Å². The van der Waals surface area contributed by atoms with E-state index in [0.717, 1.165) is 10.2 Å². The summed E-state index contributed by atoms with van der Waals surface area (Å²) in [6, 6.07) is 10.9. The first kappa shape index (κ1) is 16.5. The van der Waals surface area contributed by atoms with Gasteiger partial charge in [0.15, 0.2) is 4.80 Å². The van der Waals surface area contributed by atoms with E-state index >= 15 is 0 Å². The highest BCUT2D eigenvalue weighted by atomic mass is 35.5. The van der Waals surface area contributed by atoms with Gasteiger partial charge in [0.1, 0.15) is 0 Å².